The molecule has 170 valence electrons. The molecular formula is C22H19ClN4O5S. The Bertz CT molecular complexity index is 1210. The molecule has 3 aromatic rings. The molecule has 0 aliphatic carbocycles. The van der Waals surface area contributed by atoms with Gasteiger partial charge in [0.1, 0.15) is 5.76 Å². The normalized spacial score (nSPS) is 13.4. The summed E-state index contributed by atoms with van der Waals surface area (Å²) in [6.07, 6.45) is 0. The fourth-order valence-electron chi connectivity index (χ4n) is 3.36. The second-order valence-electron chi connectivity index (χ2n) is 7.15. The topological polar surface area (TPSA) is 110 Å². The van der Waals surface area contributed by atoms with Crippen LogP contribution in [0.4, 0.5) is 17.1 Å². The van der Waals surface area contributed by atoms with E-state index in [0.29, 0.717) is 35.2 Å². The quantitative estimate of drug-likeness (QED) is 0.309. The van der Waals surface area contributed by atoms with Crippen LogP contribution in [0.3, 0.4) is 0 Å². The van der Waals surface area contributed by atoms with Crippen LogP contribution >= 0.6 is 23.8 Å². The molecule has 2 heterocycles. The Labute approximate surface area is 199 Å². The number of benzene rings is 2. The molecule has 0 bridgehead atoms. The number of amides is 1. The molecule has 11 heteroatoms. The first-order valence-electron chi connectivity index (χ1n) is 10.00. The van der Waals surface area contributed by atoms with Crippen molar-refractivity contribution in [3.63, 3.8) is 0 Å². The standard InChI is InChI=1S/C22H19ClN4O5S/c23-17-13-15(4-5-18(17)26-8-10-31-11-9-26)24-22(33)25-21(28)20-7-6-19(32-20)14-2-1-3-16(12-14)27(29)30/h1-7,12-13H,8-11H2,(H2,24,25,28,33). The first kappa shape index (κ1) is 22.7. The first-order valence-corrected chi connectivity index (χ1v) is 10.8. The molecule has 2 aromatic carbocycles. The third-order valence-electron chi connectivity index (χ3n) is 4.96. The van der Waals surface area contributed by atoms with Crippen molar-refractivity contribution in [3.05, 3.63) is 75.5 Å². The molecule has 1 amide bonds. The van der Waals surface area contributed by atoms with E-state index in [9.17, 15) is 14.9 Å². The average molecular weight is 487 g/mol. The number of anilines is 2. The Hall–Kier alpha value is -3.47. The van der Waals surface area contributed by atoms with E-state index >= 15 is 0 Å². The maximum Gasteiger partial charge on any atom is 0.293 e. The summed E-state index contributed by atoms with van der Waals surface area (Å²) in [6, 6.07) is 14.4. The second kappa shape index (κ2) is 9.99. The zero-order valence-electron chi connectivity index (χ0n) is 17.2. The Kier molecular flexibility index (Phi) is 6.87. The zero-order chi connectivity index (χ0) is 23.4. The van der Waals surface area contributed by atoms with Gasteiger partial charge < -0.3 is 19.4 Å². The summed E-state index contributed by atoms with van der Waals surface area (Å²) in [6.45, 7) is 2.84. The molecule has 0 atom stereocenters. The van der Waals surface area contributed by atoms with Crippen LogP contribution in [-0.4, -0.2) is 42.2 Å². The molecule has 0 radical (unpaired) electrons. The highest BCUT2D eigenvalue weighted by Gasteiger charge is 2.17. The second-order valence-corrected chi connectivity index (χ2v) is 7.96. The van der Waals surface area contributed by atoms with Crippen molar-refractivity contribution in [2.45, 2.75) is 0 Å². The number of hydrogen-bond acceptors (Lipinski definition) is 7. The molecule has 1 aromatic heterocycles. The van der Waals surface area contributed by atoms with Gasteiger partial charge >= 0.3 is 0 Å². The van der Waals surface area contributed by atoms with Crippen molar-refractivity contribution in [3.8, 4) is 11.3 Å². The molecule has 9 nitrogen and oxygen atoms in total. The predicted octanol–water partition coefficient (Wildman–Crippen LogP) is 4.47. The van der Waals surface area contributed by atoms with Gasteiger partial charge in [-0.25, -0.2) is 0 Å². The van der Waals surface area contributed by atoms with Gasteiger partial charge in [0.05, 0.1) is 28.8 Å². The zero-order valence-corrected chi connectivity index (χ0v) is 18.8. The van der Waals surface area contributed by atoms with E-state index < -0.39 is 10.8 Å². The molecule has 1 aliphatic rings. The summed E-state index contributed by atoms with van der Waals surface area (Å²) in [5.74, 6) is -0.213. The Morgan fingerprint density at radius 1 is 1.12 bits per heavy atom. The van der Waals surface area contributed by atoms with E-state index in [-0.39, 0.29) is 16.6 Å². The average Bonchev–Trinajstić information content (AvgIpc) is 3.30. The summed E-state index contributed by atoms with van der Waals surface area (Å²) < 4.78 is 10.9. The number of nitrogens with one attached hydrogen (secondary N) is 2. The summed E-state index contributed by atoms with van der Waals surface area (Å²) in [5, 5.41) is 17.1. The van der Waals surface area contributed by atoms with E-state index in [0.717, 1.165) is 18.8 Å². The lowest BCUT2D eigenvalue weighted by Crippen LogP contribution is -2.36. The van der Waals surface area contributed by atoms with Gasteiger partial charge in [-0.05, 0) is 42.5 Å². The minimum absolute atomic E-state index is 0.0151. The van der Waals surface area contributed by atoms with Crippen LogP contribution in [0, 0.1) is 10.1 Å². The fourth-order valence-corrected chi connectivity index (χ4v) is 3.87. The Morgan fingerprint density at radius 2 is 1.91 bits per heavy atom. The summed E-state index contributed by atoms with van der Waals surface area (Å²) in [5.41, 5.74) is 1.95. The lowest BCUT2D eigenvalue weighted by Gasteiger charge is -2.29. The number of morpholine rings is 1. The number of halogens is 1. The summed E-state index contributed by atoms with van der Waals surface area (Å²) in [4.78, 5) is 25.1. The molecule has 1 aliphatic heterocycles. The largest absolute Gasteiger partial charge is 0.451 e. The maximum atomic E-state index is 12.5. The number of rotatable bonds is 5. The molecule has 1 saturated heterocycles. The van der Waals surface area contributed by atoms with Crippen LogP contribution in [0.15, 0.2) is 59.0 Å². The van der Waals surface area contributed by atoms with E-state index in [1.165, 1.54) is 18.2 Å². The molecule has 0 unspecified atom stereocenters. The number of nitro groups is 1. The van der Waals surface area contributed by atoms with Gasteiger partial charge in [-0.3, -0.25) is 20.2 Å². The van der Waals surface area contributed by atoms with Crippen molar-refractivity contribution < 1.29 is 18.9 Å². The van der Waals surface area contributed by atoms with Crippen molar-refractivity contribution in [2.24, 2.45) is 0 Å². The van der Waals surface area contributed by atoms with Crippen LogP contribution in [0.25, 0.3) is 11.3 Å². The fraction of sp³-hybridized carbons (Fsp3) is 0.182. The molecule has 4 rings (SSSR count). The third kappa shape index (κ3) is 5.48. The maximum absolute atomic E-state index is 12.5. The van der Waals surface area contributed by atoms with E-state index in [2.05, 4.69) is 15.5 Å². The van der Waals surface area contributed by atoms with E-state index in [1.807, 2.05) is 12.1 Å². The summed E-state index contributed by atoms with van der Waals surface area (Å²) >= 11 is 11.7. The van der Waals surface area contributed by atoms with Crippen molar-refractivity contribution in [1.82, 2.24) is 5.32 Å². The number of carbonyl (C=O) groups excluding carboxylic acids is 1. The lowest BCUT2D eigenvalue weighted by atomic mass is 10.1. The highest BCUT2D eigenvalue weighted by atomic mass is 35.5. The van der Waals surface area contributed by atoms with Gasteiger partial charge in [0.25, 0.3) is 11.6 Å². The molecule has 0 saturated carbocycles. The number of non-ortho nitro benzene ring substituents is 1. The van der Waals surface area contributed by atoms with Crippen LogP contribution in [0.1, 0.15) is 10.6 Å². The summed E-state index contributed by atoms with van der Waals surface area (Å²) in [7, 11) is 0. The number of carbonyl (C=O) groups is 1. The number of ether oxygens (including phenoxy) is 1. The SMILES string of the molecule is O=C(NC(=S)Nc1ccc(N2CCOCC2)c(Cl)c1)c1ccc(-c2cccc([N+](=O)[O-])c2)o1. The lowest BCUT2D eigenvalue weighted by molar-refractivity contribution is -0.384. The molecule has 1 fully saturated rings. The van der Waals surface area contributed by atoms with Crippen molar-refractivity contribution >= 4 is 51.9 Å². The van der Waals surface area contributed by atoms with Crippen LogP contribution < -0.4 is 15.5 Å². The molecule has 33 heavy (non-hydrogen) atoms. The smallest absolute Gasteiger partial charge is 0.293 e. The monoisotopic (exact) mass is 486 g/mol. The van der Waals surface area contributed by atoms with Crippen LogP contribution in [0.5, 0.6) is 0 Å². The van der Waals surface area contributed by atoms with Crippen LogP contribution in [0.2, 0.25) is 5.02 Å². The number of furan rings is 1. The van der Waals surface area contributed by atoms with Gasteiger partial charge in [-0.15, -0.1) is 0 Å². The van der Waals surface area contributed by atoms with Gasteiger partial charge in [0.15, 0.2) is 10.9 Å². The highest BCUT2D eigenvalue weighted by molar-refractivity contribution is 7.80. The van der Waals surface area contributed by atoms with Gasteiger partial charge in [-0.1, -0.05) is 23.7 Å². The number of nitro benzene ring substituents is 1. The molecule has 0 spiro atoms. The number of hydrogen-bond donors (Lipinski definition) is 2. The van der Waals surface area contributed by atoms with E-state index in [4.69, 9.17) is 33.0 Å². The van der Waals surface area contributed by atoms with Gasteiger partial charge in [-0.2, -0.15) is 0 Å². The third-order valence-corrected chi connectivity index (χ3v) is 5.46. The molecule has 2 N–H and O–H groups in total. The number of nitrogens with zero attached hydrogens (tertiary/aromatic N) is 2. The first-order chi connectivity index (χ1) is 15.9. The van der Waals surface area contributed by atoms with Crippen molar-refractivity contribution in [2.75, 3.05) is 36.5 Å². The molecular weight excluding hydrogens is 468 g/mol. The predicted molar refractivity (Wildman–Crippen MR) is 129 cm³/mol. The Morgan fingerprint density at radius 3 is 2.64 bits per heavy atom. The minimum atomic E-state index is -0.555. The minimum Gasteiger partial charge on any atom is -0.451 e. The number of thiocarbonyl (C=S) groups is 1. The van der Waals surface area contributed by atoms with E-state index in [1.54, 1.807) is 24.3 Å². The highest BCUT2D eigenvalue weighted by Crippen LogP contribution is 2.29. The Balaban J connectivity index is 1.38. The van der Waals surface area contributed by atoms with Crippen molar-refractivity contribution in [1.29, 1.82) is 0 Å². The van der Waals surface area contributed by atoms with Gasteiger partial charge in [0, 0.05) is 36.5 Å². The van der Waals surface area contributed by atoms with Crippen LogP contribution in [-0.2, 0) is 4.74 Å². The van der Waals surface area contributed by atoms with Gasteiger partial charge in [0.2, 0.25) is 0 Å².